The summed E-state index contributed by atoms with van der Waals surface area (Å²) in [4.78, 5) is 53.3. The van der Waals surface area contributed by atoms with Gasteiger partial charge >= 0.3 is 5.97 Å². The first-order valence-corrected chi connectivity index (χ1v) is 12.4. The van der Waals surface area contributed by atoms with E-state index in [-0.39, 0.29) is 18.3 Å². The number of aliphatic carboxylic acids is 1. The zero-order valence-electron chi connectivity index (χ0n) is 21.6. The van der Waals surface area contributed by atoms with E-state index in [9.17, 15) is 24.3 Å². The number of amides is 3. The van der Waals surface area contributed by atoms with Crippen LogP contribution in [0.4, 0.5) is 0 Å². The molecule has 0 aliphatic carbocycles. The number of carboxylic acid groups (broad SMARTS) is 1. The number of hydrogen-bond acceptors (Lipinski definition) is 5. The molecule has 0 saturated carbocycles. The summed E-state index contributed by atoms with van der Waals surface area (Å²) in [5.74, 6) is -3.28. The maximum absolute atomic E-state index is 13.0. The number of nitrogens with two attached hydrogens (primary N) is 1. The summed E-state index contributed by atoms with van der Waals surface area (Å²) in [7, 11) is 0. The molecule has 0 bridgehead atoms. The number of carboxylic acids is 1. The van der Waals surface area contributed by atoms with Crippen molar-refractivity contribution in [1.29, 1.82) is 0 Å². The predicted molar refractivity (Wildman–Crippen MR) is 138 cm³/mol. The Hall–Kier alpha value is -3.40. The molecule has 1 heterocycles. The van der Waals surface area contributed by atoms with Gasteiger partial charge in [0.1, 0.15) is 18.1 Å². The topological polar surface area (TPSA) is 166 Å². The monoisotopic (exact) mass is 501 g/mol. The molecule has 0 fully saturated rings. The standard InChI is InChI=1S/C26H39N5O5/c1-6-14(3)21(25(34)31-22(26(35)36)15(4)7-2)30-23(32)16(5)29-24(33)19(27)12-17-13-28-20-11-9-8-10-18(17)20/h8-11,13-16,19,21-22,28H,6-7,12,27H2,1-5H3,(H,29,33)(H,30,32)(H,31,34)(H,35,36). The van der Waals surface area contributed by atoms with Gasteiger partial charge in [0.2, 0.25) is 17.7 Å². The van der Waals surface area contributed by atoms with Gasteiger partial charge in [-0.1, -0.05) is 58.7 Å². The van der Waals surface area contributed by atoms with Gasteiger partial charge in [-0.2, -0.15) is 0 Å². The van der Waals surface area contributed by atoms with Gasteiger partial charge in [-0.25, -0.2) is 4.79 Å². The van der Waals surface area contributed by atoms with Crippen LogP contribution in [0.25, 0.3) is 10.9 Å². The fraction of sp³-hybridized carbons (Fsp3) is 0.538. The maximum atomic E-state index is 13.0. The van der Waals surface area contributed by atoms with E-state index in [0.717, 1.165) is 16.5 Å². The van der Waals surface area contributed by atoms with E-state index in [1.165, 1.54) is 6.92 Å². The van der Waals surface area contributed by atoms with E-state index < -0.39 is 47.9 Å². The van der Waals surface area contributed by atoms with Crippen LogP contribution < -0.4 is 21.7 Å². The van der Waals surface area contributed by atoms with Crippen LogP contribution in [0, 0.1) is 11.8 Å². The van der Waals surface area contributed by atoms with Gasteiger partial charge in [-0.15, -0.1) is 0 Å². The normalized spacial score (nSPS) is 16.3. The van der Waals surface area contributed by atoms with Crippen molar-refractivity contribution < 1.29 is 24.3 Å². The van der Waals surface area contributed by atoms with E-state index >= 15 is 0 Å². The SMILES string of the molecule is CCC(C)C(NC(=O)C(NC(=O)C(C)NC(=O)C(N)Cc1c[nH]c2ccccc12)C(C)CC)C(=O)O. The van der Waals surface area contributed by atoms with Crippen LogP contribution in [0.3, 0.4) is 0 Å². The third kappa shape index (κ3) is 7.30. The van der Waals surface area contributed by atoms with Crippen LogP contribution in [0.15, 0.2) is 30.5 Å². The Labute approximate surface area is 211 Å². The molecule has 36 heavy (non-hydrogen) atoms. The first kappa shape index (κ1) is 28.8. The summed E-state index contributed by atoms with van der Waals surface area (Å²) in [6.45, 7) is 8.76. The molecule has 10 nitrogen and oxygen atoms in total. The summed E-state index contributed by atoms with van der Waals surface area (Å²) >= 11 is 0. The molecule has 198 valence electrons. The molecule has 0 aliphatic rings. The highest BCUT2D eigenvalue weighted by molar-refractivity contribution is 5.94. The second kappa shape index (κ2) is 13.1. The van der Waals surface area contributed by atoms with Gasteiger partial charge in [0.25, 0.3) is 0 Å². The quantitative estimate of drug-likeness (QED) is 0.244. The van der Waals surface area contributed by atoms with Gasteiger partial charge in [0.05, 0.1) is 6.04 Å². The van der Waals surface area contributed by atoms with Crippen molar-refractivity contribution in [2.45, 2.75) is 78.0 Å². The van der Waals surface area contributed by atoms with Crippen LogP contribution in [0.5, 0.6) is 0 Å². The third-order valence-corrected chi connectivity index (χ3v) is 6.77. The van der Waals surface area contributed by atoms with Crippen molar-refractivity contribution in [3.05, 3.63) is 36.0 Å². The van der Waals surface area contributed by atoms with Crippen molar-refractivity contribution in [2.24, 2.45) is 17.6 Å². The smallest absolute Gasteiger partial charge is 0.326 e. The van der Waals surface area contributed by atoms with Crippen LogP contribution in [-0.2, 0) is 25.6 Å². The Morgan fingerprint density at radius 1 is 0.889 bits per heavy atom. The molecule has 3 amide bonds. The second-order valence-electron chi connectivity index (χ2n) is 9.48. The fourth-order valence-corrected chi connectivity index (χ4v) is 3.92. The number of carbonyl (C=O) groups excluding carboxylic acids is 3. The van der Waals surface area contributed by atoms with Crippen LogP contribution in [0.2, 0.25) is 0 Å². The lowest BCUT2D eigenvalue weighted by molar-refractivity contribution is -0.144. The van der Waals surface area contributed by atoms with Gasteiger partial charge < -0.3 is 31.8 Å². The molecule has 0 aliphatic heterocycles. The highest BCUT2D eigenvalue weighted by atomic mass is 16.4. The number of hydrogen-bond donors (Lipinski definition) is 6. The van der Waals surface area contributed by atoms with Crippen LogP contribution >= 0.6 is 0 Å². The minimum Gasteiger partial charge on any atom is -0.480 e. The number of nitrogens with one attached hydrogen (secondary N) is 4. The molecular weight excluding hydrogens is 462 g/mol. The van der Waals surface area contributed by atoms with E-state index in [1.807, 2.05) is 44.3 Å². The first-order chi connectivity index (χ1) is 17.0. The number of carbonyl (C=O) groups is 4. The van der Waals surface area contributed by atoms with E-state index in [4.69, 9.17) is 5.73 Å². The van der Waals surface area contributed by atoms with E-state index in [1.54, 1.807) is 13.8 Å². The number of fused-ring (bicyclic) bond motifs is 1. The number of benzene rings is 1. The lowest BCUT2D eigenvalue weighted by atomic mass is 9.95. The molecule has 0 saturated heterocycles. The van der Waals surface area contributed by atoms with Crippen molar-refractivity contribution in [2.75, 3.05) is 0 Å². The van der Waals surface area contributed by atoms with Crippen LogP contribution in [-0.4, -0.2) is 57.9 Å². The fourth-order valence-electron chi connectivity index (χ4n) is 3.92. The molecular formula is C26H39N5O5. The Balaban J connectivity index is 2.02. The Kier molecular flexibility index (Phi) is 10.5. The second-order valence-corrected chi connectivity index (χ2v) is 9.48. The van der Waals surface area contributed by atoms with Crippen LogP contribution in [0.1, 0.15) is 53.0 Å². The minimum absolute atomic E-state index is 0.257. The predicted octanol–water partition coefficient (Wildman–Crippen LogP) is 1.69. The van der Waals surface area contributed by atoms with Gasteiger partial charge in [0.15, 0.2) is 0 Å². The molecule has 6 unspecified atom stereocenters. The molecule has 2 aromatic rings. The lowest BCUT2D eigenvalue weighted by Crippen LogP contribution is -2.58. The Bertz CT molecular complexity index is 1070. The molecule has 2 rings (SSSR count). The highest BCUT2D eigenvalue weighted by Gasteiger charge is 2.33. The Morgan fingerprint density at radius 2 is 1.47 bits per heavy atom. The van der Waals surface area contributed by atoms with E-state index in [0.29, 0.717) is 12.8 Å². The molecule has 10 heteroatoms. The zero-order valence-corrected chi connectivity index (χ0v) is 21.6. The average Bonchev–Trinajstić information content (AvgIpc) is 3.26. The van der Waals surface area contributed by atoms with Crippen molar-refractivity contribution in [3.63, 3.8) is 0 Å². The summed E-state index contributed by atoms with van der Waals surface area (Å²) in [6.07, 6.45) is 3.25. The highest BCUT2D eigenvalue weighted by Crippen LogP contribution is 2.19. The third-order valence-electron chi connectivity index (χ3n) is 6.77. The van der Waals surface area contributed by atoms with Gasteiger partial charge in [-0.05, 0) is 36.8 Å². The van der Waals surface area contributed by atoms with E-state index in [2.05, 4.69) is 20.9 Å². The summed E-state index contributed by atoms with van der Waals surface area (Å²) in [5.41, 5.74) is 7.96. The number of aromatic nitrogens is 1. The molecule has 1 aromatic carbocycles. The van der Waals surface area contributed by atoms with Gasteiger partial charge in [0, 0.05) is 17.1 Å². The Morgan fingerprint density at radius 3 is 2.08 bits per heavy atom. The average molecular weight is 502 g/mol. The zero-order chi connectivity index (χ0) is 27.0. The number of rotatable bonds is 13. The van der Waals surface area contributed by atoms with Crippen molar-refractivity contribution in [1.82, 2.24) is 20.9 Å². The van der Waals surface area contributed by atoms with Crippen molar-refractivity contribution >= 4 is 34.6 Å². The summed E-state index contributed by atoms with van der Waals surface area (Å²) < 4.78 is 0. The number of para-hydroxylation sites is 1. The first-order valence-electron chi connectivity index (χ1n) is 12.4. The number of aromatic amines is 1. The van der Waals surface area contributed by atoms with Gasteiger partial charge in [-0.3, -0.25) is 14.4 Å². The molecule has 6 atom stereocenters. The number of H-pyrrole nitrogens is 1. The molecule has 0 spiro atoms. The van der Waals surface area contributed by atoms with Crippen molar-refractivity contribution in [3.8, 4) is 0 Å². The minimum atomic E-state index is -1.13. The largest absolute Gasteiger partial charge is 0.480 e. The molecule has 0 radical (unpaired) electrons. The molecule has 1 aromatic heterocycles. The summed E-state index contributed by atoms with van der Waals surface area (Å²) in [5, 5.41) is 18.3. The summed E-state index contributed by atoms with van der Waals surface area (Å²) in [6, 6.07) is 3.85. The maximum Gasteiger partial charge on any atom is 0.326 e. The molecule has 7 N–H and O–H groups in total. The lowest BCUT2D eigenvalue weighted by Gasteiger charge is -2.28.